The van der Waals surface area contributed by atoms with E-state index >= 15 is 0 Å². The van der Waals surface area contributed by atoms with Gasteiger partial charge in [-0.25, -0.2) is 0 Å². The summed E-state index contributed by atoms with van der Waals surface area (Å²) in [6, 6.07) is 29.0. The first-order chi connectivity index (χ1) is 41.8. The standard InChI is InChI=1S/C34H39N5O5.C33H37N5O5/c1-33(32(42)39-27(15-20-9-5-4-6-10-20)31(41)38-14-8-13-28(38)34(39,43)44-33)35-30(40)22-16-24-23-11-7-12-25-29(23)21(18-36(25)2)17-26(24)37(3)19-22;1-32(35-29(39)21-15-23-22-10-6-11-24-28(22)20(17-34-24)16-25(23)36(2)18-21)31(41)38-26(14-19-8-4-3-5-9-19)30(40)37-13-7-12-27(37)33(38,42)43-32/h4-7,9-12,18,22,24,26-28,43H,8,13-17,19H2,1-3H3,(H,35,40);3-6,8-11,17,21,23,25-27,34,42H,7,12-16,18H2,1-2H3,(H,35,39)/t22?,24?,26?,27-,28?,33+,34-;21?,23?,25?,26-,27?,32+,33-/m00/s1. The lowest BCUT2D eigenvalue weighted by Gasteiger charge is -2.48. The first-order valence-corrected chi connectivity index (χ1v) is 31.2. The van der Waals surface area contributed by atoms with Gasteiger partial charge in [0, 0.05) is 104 Å². The lowest BCUT2D eigenvalue weighted by atomic mass is 9.72. The number of ether oxygens (including phenoxy) is 2. The summed E-state index contributed by atoms with van der Waals surface area (Å²) in [5.74, 6) is -6.62. The molecule has 4 aromatic carbocycles. The molecular weight excluding hydrogens is 1100 g/mol. The Morgan fingerprint density at radius 3 is 1.59 bits per heavy atom. The number of piperazine rings is 2. The van der Waals surface area contributed by atoms with Crippen LogP contribution in [0.3, 0.4) is 0 Å². The first-order valence-electron chi connectivity index (χ1n) is 31.2. The molecule has 5 N–H and O–H groups in total. The molecule has 8 fully saturated rings. The van der Waals surface area contributed by atoms with E-state index in [-0.39, 0.29) is 72.2 Å². The van der Waals surface area contributed by atoms with Gasteiger partial charge in [0.1, 0.15) is 24.2 Å². The molecule has 20 heteroatoms. The molecule has 10 heterocycles. The highest BCUT2D eigenvalue weighted by atomic mass is 16.7. The van der Waals surface area contributed by atoms with Gasteiger partial charge >= 0.3 is 0 Å². The molecule has 8 aliphatic heterocycles. The number of aromatic amines is 1. The maximum atomic E-state index is 14.2. The average molecular weight is 1180 g/mol. The van der Waals surface area contributed by atoms with E-state index in [1.807, 2.05) is 60.7 Å². The number of nitrogens with zero attached hydrogens (tertiary/aromatic N) is 7. The second-order valence-corrected chi connectivity index (χ2v) is 26.8. The number of piperidine rings is 2. The summed E-state index contributed by atoms with van der Waals surface area (Å²) in [6.45, 7) is 5.12. The zero-order chi connectivity index (χ0) is 60.2. The van der Waals surface area contributed by atoms with Crippen molar-refractivity contribution in [3.05, 3.63) is 143 Å². The highest BCUT2D eigenvalue weighted by molar-refractivity contribution is 5.99. The summed E-state index contributed by atoms with van der Waals surface area (Å²) in [4.78, 5) is 97.5. The van der Waals surface area contributed by atoms with E-state index in [4.69, 9.17) is 9.47 Å². The van der Waals surface area contributed by atoms with E-state index in [9.17, 15) is 39.0 Å². The van der Waals surface area contributed by atoms with Gasteiger partial charge < -0.3 is 50.0 Å². The molecule has 2 aliphatic carbocycles. The van der Waals surface area contributed by atoms with E-state index < -0.39 is 59.3 Å². The normalized spacial score (nSPS) is 34.9. The molecule has 6 aromatic rings. The summed E-state index contributed by atoms with van der Waals surface area (Å²) >= 11 is 0. The van der Waals surface area contributed by atoms with E-state index in [1.165, 1.54) is 62.2 Å². The lowest BCUT2D eigenvalue weighted by molar-refractivity contribution is -0.315. The van der Waals surface area contributed by atoms with Crippen LogP contribution in [-0.4, -0.2) is 184 Å². The smallest absolute Gasteiger partial charge is 0.280 e. The van der Waals surface area contributed by atoms with E-state index in [1.54, 1.807) is 9.80 Å². The Morgan fingerprint density at radius 1 is 0.609 bits per heavy atom. The number of aryl methyl sites for hydroxylation is 1. The van der Waals surface area contributed by atoms with Gasteiger partial charge in [0.2, 0.25) is 35.1 Å². The van der Waals surface area contributed by atoms with Crippen LogP contribution in [-0.2, 0) is 71.0 Å². The molecule has 14 atom stereocenters. The topological polar surface area (TPSA) is 226 Å². The van der Waals surface area contributed by atoms with E-state index in [2.05, 4.69) is 99.9 Å². The van der Waals surface area contributed by atoms with Crippen LogP contribution in [0.15, 0.2) is 109 Å². The molecule has 0 spiro atoms. The molecular formula is C67H76N10O10. The number of aromatic nitrogens is 2. The Morgan fingerprint density at radius 2 is 1.08 bits per heavy atom. The number of rotatable bonds is 8. The molecule has 8 unspecified atom stereocenters. The Bertz CT molecular complexity index is 3820. The number of aliphatic hydroxyl groups is 2. The molecule has 6 amide bonds. The SMILES string of the molecule is CN1CC(C(=O)N[C@]2(C)O[C@@]3(O)C4CCCN4C(=O)[C@H](Cc4ccccc4)N3C2=O)CC2c3cccc4[nH]cc(c34)CC21.CN1CC(C(=O)N[C@]2(C)O[C@@]3(O)C4CCCN4C(=O)[C@H](Cc4ccccc4)N3C2=O)CC2c3cccc4c3c(cn4C)CC21. The molecule has 16 rings (SSSR count). The largest absolute Gasteiger partial charge is 0.361 e. The third kappa shape index (κ3) is 8.58. The highest BCUT2D eigenvalue weighted by Gasteiger charge is 2.72. The maximum absolute atomic E-state index is 14.2. The number of carbonyl (C=O) groups excluding carboxylic acids is 6. The van der Waals surface area contributed by atoms with Gasteiger partial charge in [-0.1, -0.05) is 84.9 Å². The fourth-order valence-electron chi connectivity index (χ4n) is 17.6. The quantitative estimate of drug-likeness (QED) is 0.145. The number of fused-ring (bicyclic) bond motifs is 10. The minimum Gasteiger partial charge on any atom is -0.361 e. The molecule has 0 radical (unpaired) electrons. The number of likely N-dealkylation sites (N-methyl/N-ethyl adjacent to an activating group) is 2. The summed E-state index contributed by atoms with van der Waals surface area (Å²) in [7, 11) is 6.21. The van der Waals surface area contributed by atoms with Gasteiger partial charge in [0.05, 0.1) is 11.8 Å². The number of carbonyl (C=O) groups is 6. The number of benzene rings is 4. The van der Waals surface area contributed by atoms with E-state index in [0.29, 0.717) is 64.7 Å². The molecule has 454 valence electrons. The minimum atomic E-state index is -2.03. The van der Waals surface area contributed by atoms with Crippen LogP contribution in [0.4, 0.5) is 0 Å². The van der Waals surface area contributed by atoms with Gasteiger partial charge in [-0.3, -0.25) is 48.0 Å². The number of hydrogen-bond acceptors (Lipinski definition) is 12. The van der Waals surface area contributed by atoms with Crippen LogP contribution in [0.25, 0.3) is 21.8 Å². The van der Waals surface area contributed by atoms with Gasteiger partial charge in [-0.05, 0) is 125 Å². The summed E-state index contributed by atoms with van der Waals surface area (Å²) in [5.41, 5.74) is 5.62. The molecule has 0 saturated carbocycles. The molecule has 10 aliphatic rings. The van der Waals surface area contributed by atoms with Crippen LogP contribution in [0.1, 0.15) is 97.6 Å². The van der Waals surface area contributed by atoms with Gasteiger partial charge in [-0.2, -0.15) is 0 Å². The Labute approximate surface area is 504 Å². The number of H-pyrrole nitrogens is 1. The monoisotopic (exact) mass is 1180 g/mol. The zero-order valence-corrected chi connectivity index (χ0v) is 49.9. The van der Waals surface area contributed by atoms with E-state index in [0.717, 1.165) is 29.5 Å². The Balaban J connectivity index is 0.000000147. The predicted molar refractivity (Wildman–Crippen MR) is 319 cm³/mol. The van der Waals surface area contributed by atoms with Crippen molar-refractivity contribution in [2.75, 3.05) is 40.3 Å². The average Bonchev–Trinajstić information content (AvgIpc) is 1.58. The zero-order valence-electron chi connectivity index (χ0n) is 49.9. The highest BCUT2D eigenvalue weighted by Crippen LogP contribution is 2.50. The lowest BCUT2D eigenvalue weighted by Crippen LogP contribution is -2.71. The summed E-state index contributed by atoms with van der Waals surface area (Å²) in [5, 5.41) is 32.5. The summed E-state index contributed by atoms with van der Waals surface area (Å²) in [6.07, 6.45) is 10.4. The number of likely N-dealkylation sites (tertiary alicyclic amines) is 2. The van der Waals surface area contributed by atoms with Crippen molar-refractivity contribution in [1.82, 2.24) is 49.6 Å². The molecule has 87 heavy (non-hydrogen) atoms. The van der Waals surface area contributed by atoms with Crippen molar-refractivity contribution >= 4 is 57.2 Å². The third-order valence-corrected chi connectivity index (χ3v) is 21.6. The molecule has 2 aromatic heterocycles. The van der Waals surface area contributed by atoms with Crippen LogP contribution in [0, 0.1) is 11.8 Å². The van der Waals surface area contributed by atoms with Crippen LogP contribution in [0.5, 0.6) is 0 Å². The second-order valence-electron chi connectivity index (χ2n) is 26.8. The van der Waals surface area contributed by atoms with Crippen molar-refractivity contribution in [1.29, 1.82) is 0 Å². The van der Waals surface area contributed by atoms with Crippen LogP contribution < -0.4 is 10.6 Å². The Kier molecular flexibility index (Phi) is 13.1. The number of amides is 6. The van der Waals surface area contributed by atoms with Crippen LogP contribution in [0.2, 0.25) is 0 Å². The summed E-state index contributed by atoms with van der Waals surface area (Å²) < 4.78 is 14.7. The second kappa shape index (κ2) is 20.3. The fraction of sp³-hybridized carbons (Fsp3) is 0.493. The van der Waals surface area contributed by atoms with Gasteiger partial charge in [0.25, 0.3) is 23.6 Å². The molecule has 8 saturated heterocycles. The number of hydrogen-bond donors (Lipinski definition) is 5. The van der Waals surface area contributed by atoms with Gasteiger partial charge in [-0.15, -0.1) is 0 Å². The van der Waals surface area contributed by atoms with Crippen LogP contribution >= 0.6 is 0 Å². The van der Waals surface area contributed by atoms with Crippen molar-refractivity contribution in [3.8, 4) is 0 Å². The van der Waals surface area contributed by atoms with Crippen molar-refractivity contribution in [2.45, 2.75) is 149 Å². The number of nitrogens with one attached hydrogen (secondary N) is 3. The minimum absolute atomic E-state index is 0.171. The maximum Gasteiger partial charge on any atom is 0.280 e. The molecule has 0 bridgehead atoms. The third-order valence-electron chi connectivity index (χ3n) is 21.6. The Hall–Kier alpha value is -7.46. The van der Waals surface area contributed by atoms with Gasteiger partial charge in [0.15, 0.2) is 0 Å². The van der Waals surface area contributed by atoms with Crippen molar-refractivity contribution in [3.63, 3.8) is 0 Å². The first kappa shape index (κ1) is 56.1. The van der Waals surface area contributed by atoms with Crippen molar-refractivity contribution in [2.24, 2.45) is 18.9 Å². The van der Waals surface area contributed by atoms with Crippen molar-refractivity contribution < 1.29 is 48.5 Å². The predicted octanol–water partition coefficient (Wildman–Crippen LogP) is 4.17. The fourth-order valence-corrected chi connectivity index (χ4v) is 17.6. The molecule has 20 nitrogen and oxygen atoms in total.